The van der Waals surface area contributed by atoms with Crippen LogP contribution in [0.5, 0.6) is 0 Å². The highest BCUT2D eigenvalue weighted by atomic mass is 35.5. The van der Waals surface area contributed by atoms with E-state index in [2.05, 4.69) is 15.6 Å². The molecule has 0 spiro atoms. The Balaban J connectivity index is 1.89. The number of rotatable bonds is 6. The second kappa shape index (κ2) is 6.95. The van der Waals surface area contributed by atoms with Crippen molar-refractivity contribution in [3.8, 4) is 0 Å². The lowest BCUT2D eigenvalue weighted by atomic mass is 10.1. The maximum absolute atomic E-state index is 9.32. The van der Waals surface area contributed by atoms with E-state index in [1.165, 1.54) is 0 Å². The van der Waals surface area contributed by atoms with Crippen LogP contribution >= 0.6 is 11.6 Å². The van der Waals surface area contributed by atoms with Crippen molar-refractivity contribution in [3.63, 3.8) is 0 Å². The van der Waals surface area contributed by atoms with Crippen molar-refractivity contribution in [1.29, 1.82) is 0 Å². The number of aliphatic hydroxyl groups excluding tert-OH is 1. The summed E-state index contributed by atoms with van der Waals surface area (Å²) in [6.07, 6.45) is 2.18. The molecule has 0 saturated heterocycles. The van der Waals surface area contributed by atoms with Crippen LogP contribution in [0.25, 0.3) is 0 Å². The SMILES string of the molecule is CCNC(=NCc1ccc(Cl)cc1)NCC1(CO)CC1. The fourth-order valence-corrected chi connectivity index (χ4v) is 2.07. The minimum Gasteiger partial charge on any atom is -0.396 e. The highest BCUT2D eigenvalue weighted by Crippen LogP contribution is 2.44. The number of nitrogens with zero attached hydrogens (tertiary/aromatic N) is 1. The fraction of sp³-hybridized carbons (Fsp3) is 0.533. The Morgan fingerprint density at radius 1 is 1.30 bits per heavy atom. The second-order valence-electron chi connectivity index (χ2n) is 5.33. The lowest BCUT2D eigenvalue weighted by Gasteiger charge is -2.16. The Kier molecular flexibility index (Phi) is 5.26. The summed E-state index contributed by atoms with van der Waals surface area (Å²) in [5.41, 5.74) is 1.20. The van der Waals surface area contributed by atoms with Crippen molar-refractivity contribution < 1.29 is 5.11 Å². The molecule has 0 radical (unpaired) electrons. The van der Waals surface area contributed by atoms with Gasteiger partial charge in [-0.25, -0.2) is 4.99 Å². The molecule has 1 aromatic rings. The van der Waals surface area contributed by atoms with Crippen LogP contribution in [0.4, 0.5) is 0 Å². The van der Waals surface area contributed by atoms with Gasteiger partial charge >= 0.3 is 0 Å². The fourth-order valence-electron chi connectivity index (χ4n) is 1.94. The van der Waals surface area contributed by atoms with Crippen LogP contribution in [0, 0.1) is 5.41 Å². The van der Waals surface area contributed by atoms with Crippen LogP contribution in [-0.2, 0) is 6.54 Å². The van der Waals surface area contributed by atoms with Crippen LogP contribution in [0.2, 0.25) is 5.02 Å². The summed E-state index contributed by atoms with van der Waals surface area (Å²) in [5.74, 6) is 0.794. The molecular weight excluding hydrogens is 274 g/mol. The second-order valence-corrected chi connectivity index (χ2v) is 5.77. The molecule has 1 saturated carbocycles. The molecule has 2 rings (SSSR count). The predicted molar refractivity (Wildman–Crippen MR) is 83.0 cm³/mol. The van der Waals surface area contributed by atoms with Crippen LogP contribution in [0.15, 0.2) is 29.3 Å². The summed E-state index contributed by atoms with van der Waals surface area (Å²) < 4.78 is 0. The number of hydrogen-bond donors (Lipinski definition) is 3. The van der Waals surface area contributed by atoms with Gasteiger partial charge in [0.15, 0.2) is 5.96 Å². The van der Waals surface area contributed by atoms with E-state index in [1.54, 1.807) is 0 Å². The van der Waals surface area contributed by atoms with Gasteiger partial charge in [0.25, 0.3) is 0 Å². The first-order valence-electron chi connectivity index (χ1n) is 7.05. The van der Waals surface area contributed by atoms with Gasteiger partial charge in [0.1, 0.15) is 0 Å². The van der Waals surface area contributed by atoms with Gasteiger partial charge in [-0.3, -0.25) is 0 Å². The molecule has 20 heavy (non-hydrogen) atoms. The Labute approximate surface area is 125 Å². The molecule has 1 aliphatic carbocycles. The first kappa shape index (κ1) is 15.1. The van der Waals surface area contributed by atoms with E-state index in [4.69, 9.17) is 11.6 Å². The summed E-state index contributed by atoms with van der Waals surface area (Å²) in [7, 11) is 0. The van der Waals surface area contributed by atoms with Crippen molar-refractivity contribution in [2.24, 2.45) is 10.4 Å². The third kappa shape index (κ3) is 4.39. The lowest BCUT2D eigenvalue weighted by Crippen LogP contribution is -2.41. The molecule has 0 atom stereocenters. The van der Waals surface area contributed by atoms with Gasteiger partial charge in [-0.1, -0.05) is 23.7 Å². The zero-order valence-electron chi connectivity index (χ0n) is 11.8. The third-order valence-electron chi connectivity index (χ3n) is 3.60. The average molecular weight is 296 g/mol. The van der Waals surface area contributed by atoms with Crippen LogP contribution < -0.4 is 10.6 Å². The molecule has 0 heterocycles. The van der Waals surface area contributed by atoms with Crippen LogP contribution in [0.1, 0.15) is 25.3 Å². The lowest BCUT2D eigenvalue weighted by molar-refractivity contribution is 0.212. The Morgan fingerprint density at radius 3 is 2.55 bits per heavy atom. The van der Waals surface area contributed by atoms with Gasteiger partial charge in [-0.05, 0) is 37.5 Å². The van der Waals surface area contributed by atoms with Crippen molar-refractivity contribution >= 4 is 17.6 Å². The number of benzene rings is 1. The highest BCUT2D eigenvalue weighted by molar-refractivity contribution is 6.30. The summed E-state index contributed by atoms with van der Waals surface area (Å²) >= 11 is 5.86. The topological polar surface area (TPSA) is 56.7 Å². The predicted octanol–water partition coefficient (Wildman–Crippen LogP) is 2.17. The molecule has 110 valence electrons. The van der Waals surface area contributed by atoms with E-state index in [9.17, 15) is 5.11 Å². The van der Waals surface area contributed by atoms with Crippen LogP contribution in [-0.4, -0.2) is 30.8 Å². The zero-order chi connectivity index (χ0) is 14.4. The Morgan fingerprint density at radius 2 is 2.00 bits per heavy atom. The molecule has 0 amide bonds. The number of hydrogen-bond acceptors (Lipinski definition) is 2. The number of halogens is 1. The van der Waals surface area contributed by atoms with Crippen molar-refractivity contribution in [1.82, 2.24) is 10.6 Å². The smallest absolute Gasteiger partial charge is 0.191 e. The van der Waals surface area contributed by atoms with Crippen molar-refractivity contribution in [3.05, 3.63) is 34.9 Å². The highest BCUT2D eigenvalue weighted by Gasteiger charge is 2.41. The molecule has 5 heteroatoms. The van der Waals surface area contributed by atoms with Gasteiger partial charge in [-0.15, -0.1) is 0 Å². The molecule has 0 aliphatic heterocycles. The van der Waals surface area contributed by atoms with Gasteiger partial charge in [-0.2, -0.15) is 0 Å². The number of aliphatic hydroxyl groups is 1. The Bertz CT molecular complexity index is 455. The van der Waals surface area contributed by atoms with Gasteiger partial charge in [0, 0.05) is 23.5 Å². The molecule has 0 bridgehead atoms. The number of nitrogens with one attached hydrogen (secondary N) is 2. The first-order chi connectivity index (χ1) is 9.67. The molecule has 4 nitrogen and oxygen atoms in total. The van der Waals surface area contributed by atoms with Crippen LogP contribution in [0.3, 0.4) is 0 Å². The minimum atomic E-state index is 0.0798. The Hall–Kier alpha value is -1.26. The summed E-state index contributed by atoms with van der Waals surface area (Å²) in [6.45, 7) is 4.49. The van der Waals surface area contributed by atoms with E-state index in [1.807, 2.05) is 31.2 Å². The first-order valence-corrected chi connectivity index (χ1v) is 7.43. The molecule has 1 aliphatic rings. The molecule has 3 N–H and O–H groups in total. The third-order valence-corrected chi connectivity index (χ3v) is 3.85. The molecule has 1 fully saturated rings. The number of aliphatic imine (C=N–C) groups is 1. The van der Waals surface area contributed by atoms with Gasteiger partial charge in [0.05, 0.1) is 13.2 Å². The molecule has 0 aromatic heterocycles. The van der Waals surface area contributed by atoms with Gasteiger partial charge < -0.3 is 15.7 Å². The summed E-state index contributed by atoms with van der Waals surface area (Å²) in [6, 6.07) is 7.70. The van der Waals surface area contributed by atoms with Crippen molar-refractivity contribution in [2.45, 2.75) is 26.3 Å². The normalized spacial score (nSPS) is 16.9. The van der Waals surface area contributed by atoms with E-state index in [-0.39, 0.29) is 12.0 Å². The largest absolute Gasteiger partial charge is 0.396 e. The minimum absolute atomic E-state index is 0.0798. The van der Waals surface area contributed by atoms with E-state index < -0.39 is 0 Å². The monoisotopic (exact) mass is 295 g/mol. The zero-order valence-corrected chi connectivity index (χ0v) is 12.6. The van der Waals surface area contributed by atoms with E-state index >= 15 is 0 Å². The quantitative estimate of drug-likeness (QED) is 0.557. The maximum Gasteiger partial charge on any atom is 0.191 e. The van der Waals surface area contributed by atoms with E-state index in [0.717, 1.165) is 42.5 Å². The molecule has 0 unspecified atom stereocenters. The molecule has 1 aromatic carbocycles. The number of guanidine groups is 1. The van der Waals surface area contributed by atoms with Crippen molar-refractivity contribution in [2.75, 3.05) is 19.7 Å². The van der Waals surface area contributed by atoms with Gasteiger partial charge in [0.2, 0.25) is 0 Å². The van der Waals surface area contributed by atoms with E-state index in [0.29, 0.717) is 6.54 Å². The average Bonchev–Trinajstić information content (AvgIpc) is 3.24. The summed E-state index contributed by atoms with van der Waals surface area (Å²) in [4.78, 5) is 4.55. The molecular formula is C15H22ClN3O. The standard InChI is InChI=1S/C15H22ClN3O/c1-2-17-14(19-10-15(11-20)7-8-15)18-9-12-3-5-13(16)6-4-12/h3-6,20H,2,7-11H2,1H3,(H2,17,18,19). The summed E-state index contributed by atoms with van der Waals surface area (Å²) in [5, 5.41) is 16.6. The maximum atomic E-state index is 9.32.